The smallest absolute Gasteiger partial charge is 0.374 e. The van der Waals surface area contributed by atoms with E-state index in [-0.39, 0.29) is 5.82 Å². The lowest BCUT2D eigenvalue weighted by molar-refractivity contribution is 0.0514. The molecule has 90 valence electrons. The minimum atomic E-state index is -0.446. The third kappa shape index (κ3) is 1.60. The average molecular weight is 241 g/mol. The van der Waals surface area contributed by atoms with Crippen molar-refractivity contribution < 1.29 is 9.53 Å². The maximum absolute atomic E-state index is 11.6. The monoisotopic (exact) mass is 241 g/mol. The number of imidazole rings is 1. The highest BCUT2D eigenvalue weighted by molar-refractivity contribution is 6.03. The number of aromatic amines is 1. The largest absolute Gasteiger partial charge is 0.460 e. The molecule has 0 saturated heterocycles. The molecule has 18 heavy (non-hydrogen) atoms. The molecule has 1 N–H and O–H groups in total. The quantitative estimate of drug-likeness (QED) is 0.699. The summed E-state index contributed by atoms with van der Waals surface area (Å²) < 4.78 is 4.92. The summed E-state index contributed by atoms with van der Waals surface area (Å²) in [6.45, 7) is 2.09. The Bertz CT molecular complexity index is 733. The molecule has 0 aliphatic rings. The van der Waals surface area contributed by atoms with Crippen LogP contribution >= 0.6 is 0 Å². The van der Waals surface area contributed by atoms with Gasteiger partial charge in [0.15, 0.2) is 0 Å². The van der Waals surface area contributed by atoms with Crippen molar-refractivity contribution in [2.75, 3.05) is 6.61 Å². The molecule has 0 atom stereocenters. The van der Waals surface area contributed by atoms with Crippen LogP contribution in [0.15, 0.2) is 30.5 Å². The molecule has 0 fully saturated rings. The number of carbonyl (C=O) groups is 1. The molecule has 0 radical (unpaired) electrons. The molecule has 5 nitrogen and oxygen atoms in total. The topological polar surface area (TPSA) is 67.9 Å². The number of ether oxygens (including phenoxy) is 1. The van der Waals surface area contributed by atoms with Gasteiger partial charge in [-0.3, -0.25) is 4.98 Å². The number of H-pyrrole nitrogens is 1. The number of carbonyl (C=O) groups excluding carboxylic acids is 1. The van der Waals surface area contributed by atoms with Gasteiger partial charge in [0.2, 0.25) is 5.82 Å². The van der Waals surface area contributed by atoms with Crippen molar-refractivity contribution in [3.8, 4) is 0 Å². The number of hydrogen-bond donors (Lipinski definition) is 1. The van der Waals surface area contributed by atoms with Gasteiger partial charge in [0.1, 0.15) is 5.52 Å². The van der Waals surface area contributed by atoms with E-state index in [2.05, 4.69) is 15.0 Å². The van der Waals surface area contributed by atoms with Crippen LogP contribution in [0.5, 0.6) is 0 Å². The molecule has 2 aromatic heterocycles. The molecule has 3 rings (SSSR count). The fourth-order valence-corrected chi connectivity index (χ4v) is 1.91. The number of benzene rings is 1. The Morgan fingerprint density at radius 3 is 3.06 bits per heavy atom. The van der Waals surface area contributed by atoms with E-state index in [0.29, 0.717) is 12.1 Å². The highest BCUT2D eigenvalue weighted by Gasteiger charge is 2.14. The Labute approximate surface area is 103 Å². The molecule has 5 heteroatoms. The first-order valence-electron chi connectivity index (χ1n) is 5.70. The molecule has 0 amide bonds. The van der Waals surface area contributed by atoms with Crippen LogP contribution in [-0.4, -0.2) is 27.5 Å². The summed E-state index contributed by atoms with van der Waals surface area (Å²) in [5.74, 6) is -0.234. The van der Waals surface area contributed by atoms with Crippen LogP contribution in [0.4, 0.5) is 0 Å². The number of nitrogens with one attached hydrogen (secondary N) is 1. The second kappa shape index (κ2) is 4.10. The molecular weight excluding hydrogens is 230 g/mol. The van der Waals surface area contributed by atoms with E-state index in [0.717, 1.165) is 16.4 Å². The third-order valence-electron chi connectivity index (χ3n) is 2.69. The lowest BCUT2D eigenvalue weighted by Gasteiger charge is -1.95. The zero-order valence-corrected chi connectivity index (χ0v) is 9.80. The minimum absolute atomic E-state index is 0.213. The second-order valence-corrected chi connectivity index (χ2v) is 3.84. The van der Waals surface area contributed by atoms with Gasteiger partial charge in [-0.2, -0.15) is 0 Å². The number of esters is 1. The van der Waals surface area contributed by atoms with Crippen molar-refractivity contribution in [2.45, 2.75) is 6.92 Å². The van der Waals surface area contributed by atoms with Gasteiger partial charge in [-0.25, -0.2) is 9.78 Å². The number of nitrogens with zero attached hydrogens (tertiary/aromatic N) is 2. The minimum Gasteiger partial charge on any atom is -0.460 e. The molecular formula is C13H11N3O2. The zero-order valence-electron chi connectivity index (χ0n) is 9.80. The molecule has 0 aliphatic carbocycles. The van der Waals surface area contributed by atoms with Gasteiger partial charge in [-0.1, -0.05) is 12.1 Å². The number of fused-ring (bicyclic) bond motifs is 3. The molecule has 0 unspecified atom stereocenters. The summed E-state index contributed by atoms with van der Waals surface area (Å²) in [6.07, 6.45) is 1.71. The molecule has 0 saturated carbocycles. The summed E-state index contributed by atoms with van der Waals surface area (Å²) in [7, 11) is 0. The van der Waals surface area contributed by atoms with Crippen LogP contribution in [-0.2, 0) is 4.74 Å². The fourth-order valence-electron chi connectivity index (χ4n) is 1.91. The van der Waals surface area contributed by atoms with E-state index in [1.165, 1.54) is 0 Å². The number of hydrogen-bond acceptors (Lipinski definition) is 4. The molecule has 0 bridgehead atoms. The van der Waals surface area contributed by atoms with Crippen LogP contribution in [0.3, 0.4) is 0 Å². The van der Waals surface area contributed by atoms with Gasteiger partial charge in [0.25, 0.3) is 0 Å². The standard InChI is InChI=1S/C13H11N3O2/c1-2-18-13(17)12-15-9-6-5-8-4-3-7-14-10(8)11(9)16-12/h3-7H,2H2,1H3,(H,15,16). The Balaban J connectivity index is 2.22. The molecule has 0 spiro atoms. The highest BCUT2D eigenvalue weighted by Crippen LogP contribution is 2.21. The third-order valence-corrected chi connectivity index (χ3v) is 2.69. The molecule has 2 heterocycles. The summed E-state index contributed by atoms with van der Waals surface area (Å²) in [4.78, 5) is 23.1. The number of rotatable bonds is 2. The average Bonchev–Trinajstić information content (AvgIpc) is 2.83. The first kappa shape index (κ1) is 10.7. The Kier molecular flexibility index (Phi) is 2.44. The van der Waals surface area contributed by atoms with Gasteiger partial charge in [-0.05, 0) is 19.1 Å². The Hall–Kier alpha value is -2.43. The predicted molar refractivity (Wildman–Crippen MR) is 67.4 cm³/mol. The fraction of sp³-hybridized carbons (Fsp3) is 0.154. The van der Waals surface area contributed by atoms with Gasteiger partial charge in [0.05, 0.1) is 17.6 Å². The van der Waals surface area contributed by atoms with E-state index in [1.807, 2.05) is 24.3 Å². The van der Waals surface area contributed by atoms with Crippen molar-refractivity contribution in [1.82, 2.24) is 15.0 Å². The van der Waals surface area contributed by atoms with Crippen molar-refractivity contribution in [3.63, 3.8) is 0 Å². The van der Waals surface area contributed by atoms with E-state index in [9.17, 15) is 4.79 Å². The predicted octanol–water partition coefficient (Wildman–Crippen LogP) is 2.29. The summed E-state index contributed by atoms with van der Waals surface area (Å²) in [5.41, 5.74) is 2.25. The van der Waals surface area contributed by atoms with Gasteiger partial charge in [0, 0.05) is 11.6 Å². The lowest BCUT2D eigenvalue weighted by atomic mass is 10.2. The van der Waals surface area contributed by atoms with E-state index >= 15 is 0 Å². The van der Waals surface area contributed by atoms with Crippen LogP contribution in [0.1, 0.15) is 17.5 Å². The van der Waals surface area contributed by atoms with Crippen LogP contribution in [0, 0.1) is 0 Å². The Morgan fingerprint density at radius 2 is 2.22 bits per heavy atom. The summed E-state index contributed by atoms with van der Waals surface area (Å²) in [6, 6.07) is 7.65. The number of pyridine rings is 1. The maximum atomic E-state index is 11.6. The maximum Gasteiger partial charge on any atom is 0.374 e. The van der Waals surface area contributed by atoms with Gasteiger partial charge < -0.3 is 9.72 Å². The SMILES string of the molecule is CCOC(=O)c1nc2c(ccc3cccnc32)[nH]1. The lowest BCUT2D eigenvalue weighted by Crippen LogP contribution is -2.06. The number of aromatic nitrogens is 3. The van der Waals surface area contributed by atoms with E-state index in [4.69, 9.17) is 4.74 Å². The first-order valence-corrected chi connectivity index (χ1v) is 5.70. The Morgan fingerprint density at radius 1 is 1.33 bits per heavy atom. The highest BCUT2D eigenvalue weighted by atomic mass is 16.5. The van der Waals surface area contributed by atoms with Crippen molar-refractivity contribution in [2.24, 2.45) is 0 Å². The van der Waals surface area contributed by atoms with E-state index < -0.39 is 5.97 Å². The molecule has 3 aromatic rings. The van der Waals surface area contributed by atoms with Gasteiger partial charge in [-0.15, -0.1) is 0 Å². The van der Waals surface area contributed by atoms with Crippen molar-refractivity contribution in [1.29, 1.82) is 0 Å². The summed E-state index contributed by atoms with van der Waals surface area (Å²) >= 11 is 0. The van der Waals surface area contributed by atoms with Crippen LogP contribution in [0.25, 0.3) is 21.9 Å². The van der Waals surface area contributed by atoms with Crippen LogP contribution < -0.4 is 0 Å². The van der Waals surface area contributed by atoms with E-state index in [1.54, 1.807) is 13.1 Å². The van der Waals surface area contributed by atoms with Crippen LogP contribution in [0.2, 0.25) is 0 Å². The van der Waals surface area contributed by atoms with Gasteiger partial charge >= 0.3 is 5.97 Å². The second-order valence-electron chi connectivity index (χ2n) is 3.84. The molecule has 0 aliphatic heterocycles. The first-order chi connectivity index (χ1) is 8.79. The molecule has 1 aromatic carbocycles. The zero-order chi connectivity index (χ0) is 12.5. The normalized spacial score (nSPS) is 10.9. The van der Waals surface area contributed by atoms with Crippen molar-refractivity contribution in [3.05, 3.63) is 36.3 Å². The van der Waals surface area contributed by atoms with Crippen molar-refractivity contribution >= 4 is 27.9 Å². The summed E-state index contributed by atoms with van der Waals surface area (Å²) in [5, 5.41) is 0.993.